The van der Waals surface area contributed by atoms with Crippen LogP contribution in [0.2, 0.25) is 0 Å². The standard InChI is InChI=1S/C41H67NO4/c1-3-5-7-9-11-13-15-17-19-21-26-30-41(31-27-22-20-18-16-14-12-10-8-6-4-2)45-37-40(46-41)32-34-42(35-33-40)39(43)44-36-38-28-24-23-25-29-38/h7-10,23-25,28-29H,3-6,11-22,26-27,30-37H2,1-2H3/b9-7-,10-8-. The Morgan fingerprint density at radius 1 is 0.717 bits per heavy atom. The molecule has 1 aromatic rings. The third-order valence-electron chi connectivity index (χ3n) is 9.74. The Balaban J connectivity index is 1.39. The van der Waals surface area contributed by atoms with Gasteiger partial charge in [-0.05, 0) is 69.8 Å². The number of ether oxygens (including phenoxy) is 3. The van der Waals surface area contributed by atoms with Gasteiger partial charge in [-0.2, -0.15) is 0 Å². The Labute approximate surface area is 282 Å². The van der Waals surface area contributed by atoms with Gasteiger partial charge in [0, 0.05) is 25.9 Å². The van der Waals surface area contributed by atoms with Crippen molar-refractivity contribution >= 4 is 6.09 Å². The van der Waals surface area contributed by atoms with Gasteiger partial charge >= 0.3 is 6.09 Å². The van der Waals surface area contributed by atoms with E-state index in [1.807, 2.05) is 35.2 Å². The molecule has 0 aromatic heterocycles. The summed E-state index contributed by atoms with van der Waals surface area (Å²) >= 11 is 0. The van der Waals surface area contributed by atoms with E-state index in [0.29, 0.717) is 26.3 Å². The lowest BCUT2D eigenvalue weighted by atomic mass is 9.92. The molecule has 2 fully saturated rings. The number of hydrogen-bond donors (Lipinski definition) is 0. The zero-order chi connectivity index (χ0) is 32.6. The predicted octanol–water partition coefficient (Wildman–Crippen LogP) is 11.9. The first kappa shape index (κ1) is 38.3. The summed E-state index contributed by atoms with van der Waals surface area (Å²) in [6.45, 7) is 6.76. The molecule has 3 rings (SSSR count). The van der Waals surface area contributed by atoms with Crippen molar-refractivity contribution in [2.75, 3.05) is 19.7 Å². The number of carbonyl (C=O) groups is 1. The minimum absolute atomic E-state index is 0.224. The number of likely N-dealkylation sites (tertiary alicyclic amines) is 1. The van der Waals surface area contributed by atoms with Crippen LogP contribution in [0, 0.1) is 0 Å². The molecule has 2 aliphatic rings. The molecule has 1 amide bonds. The summed E-state index contributed by atoms with van der Waals surface area (Å²) in [4.78, 5) is 14.6. The third kappa shape index (κ3) is 15.2. The van der Waals surface area contributed by atoms with Crippen molar-refractivity contribution in [3.8, 4) is 0 Å². The Morgan fingerprint density at radius 2 is 1.22 bits per heavy atom. The van der Waals surface area contributed by atoms with Crippen LogP contribution in [0.1, 0.15) is 161 Å². The van der Waals surface area contributed by atoms with E-state index in [0.717, 1.165) is 44.1 Å². The van der Waals surface area contributed by atoms with E-state index in [-0.39, 0.29) is 11.7 Å². The third-order valence-corrected chi connectivity index (χ3v) is 9.74. The summed E-state index contributed by atoms with van der Waals surface area (Å²) in [5, 5.41) is 0. The number of hydrogen-bond acceptors (Lipinski definition) is 4. The molecule has 0 bridgehead atoms. The van der Waals surface area contributed by atoms with Crippen molar-refractivity contribution < 1.29 is 19.0 Å². The van der Waals surface area contributed by atoms with Gasteiger partial charge in [-0.3, -0.25) is 0 Å². The molecule has 0 saturated carbocycles. The molecular weight excluding hydrogens is 570 g/mol. The fourth-order valence-electron chi connectivity index (χ4n) is 6.77. The zero-order valence-corrected chi connectivity index (χ0v) is 29.7. The summed E-state index contributed by atoms with van der Waals surface area (Å²) in [5.74, 6) is -0.454. The van der Waals surface area contributed by atoms with E-state index in [2.05, 4.69) is 38.2 Å². The van der Waals surface area contributed by atoms with Gasteiger partial charge in [0.05, 0.1) is 12.2 Å². The second kappa shape index (κ2) is 23.3. The van der Waals surface area contributed by atoms with Gasteiger partial charge in [-0.25, -0.2) is 4.79 Å². The number of rotatable bonds is 24. The normalized spacial score (nSPS) is 17.5. The Bertz CT molecular complexity index is 934. The molecule has 0 N–H and O–H groups in total. The van der Waals surface area contributed by atoms with Crippen LogP contribution >= 0.6 is 0 Å². The van der Waals surface area contributed by atoms with Crippen molar-refractivity contribution in [1.29, 1.82) is 0 Å². The number of piperidine rings is 1. The maximum Gasteiger partial charge on any atom is 0.410 e. The van der Waals surface area contributed by atoms with Crippen molar-refractivity contribution in [3.05, 3.63) is 60.2 Å². The van der Waals surface area contributed by atoms with Crippen LogP contribution in [-0.2, 0) is 20.8 Å². The number of amides is 1. The van der Waals surface area contributed by atoms with Crippen LogP contribution in [0.3, 0.4) is 0 Å². The van der Waals surface area contributed by atoms with Gasteiger partial charge in [0.25, 0.3) is 0 Å². The molecule has 46 heavy (non-hydrogen) atoms. The van der Waals surface area contributed by atoms with E-state index < -0.39 is 5.79 Å². The van der Waals surface area contributed by atoms with E-state index in [9.17, 15) is 4.79 Å². The van der Waals surface area contributed by atoms with Gasteiger partial charge in [0.15, 0.2) is 5.79 Å². The van der Waals surface area contributed by atoms with E-state index in [1.54, 1.807) is 0 Å². The molecule has 2 heterocycles. The van der Waals surface area contributed by atoms with Crippen LogP contribution in [0.4, 0.5) is 4.79 Å². The lowest BCUT2D eigenvalue weighted by molar-refractivity contribution is -0.203. The number of carbonyl (C=O) groups excluding carboxylic acids is 1. The zero-order valence-electron chi connectivity index (χ0n) is 29.7. The Morgan fingerprint density at radius 3 is 1.76 bits per heavy atom. The Kier molecular flexibility index (Phi) is 19.4. The average Bonchev–Trinajstić information content (AvgIpc) is 3.43. The highest BCUT2D eigenvalue weighted by molar-refractivity contribution is 5.67. The molecular formula is C41H67NO4. The SMILES string of the molecule is CCC/C=C\CCCCCCCCC1(CCCCCCCC/C=C\CCC)OCC2(CCN(C(=O)OCc3ccccc3)CC2)O1. The van der Waals surface area contributed by atoms with Gasteiger partial charge in [-0.15, -0.1) is 0 Å². The summed E-state index contributed by atoms with van der Waals surface area (Å²) in [5.41, 5.74) is 0.744. The number of benzene rings is 1. The minimum atomic E-state index is -0.454. The number of nitrogens with zero attached hydrogens (tertiary/aromatic N) is 1. The largest absolute Gasteiger partial charge is 0.445 e. The van der Waals surface area contributed by atoms with Gasteiger partial charge in [0.1, 0.15) is 6.61 Å². The number of allylic oxidation sites excluding steroid dienone is 4. The number of unbranched alkanes of at least 4 members (excludes halogenated alkanes) is 14. The van der Waals surface area contributed by atoms with Crippen LogP contribution in [-0.4, -0.2) is 42.1 Å². The minimum Gasteiger partial charge on any atom is -0.445 e. The molecule has 1 aromatic carbocycles. The van der Waals surface area contributed by atoms with Crippen LogP contribution in [0.25, 0.3) is 0 Å². The molecule has 0 atom stereocenters. The van der Waals surface area contributed by atoms with Gasteiger partial charge in [0.2, 0.25) is 0 Å². The van der Waals surface area contributed by atoms with Gasteiger partial charge in [-0.1, -0.05) is 133 Å². The maximum absolute atomic E-state index is 12.8. The predicted molar refractivity (Wildman–Crippen MR) is 192 cm³/mol. The summed E-state index contributed by atoms with van der Waals surface area (Å²) < 4.78 is 19.3. The monoisotopic (exact) mass is 638 g/mol. The van der Waals surface area contributed by atoms with Crippen LogP contribution < -0.4 is 0 Å². The van der Waals surface area contributed by atoms with Crippen molar-refractivity contribution in [2.24, 2.45) is 0 Å². The lowest BCUT2D eigenvalue weighted by Gasteiger charge is -2.39. The van der Waals surface area contributed by atoms with Crippen molar-refractivity contribution in [1.82, 2.24) is 4.90 Å². The smallest absolute Gasteiger partial charge is 0.410 e. The van der Waals surface area contributed by atoms with Crippen LogP contribution in [0.5, 0.6) is 0 Å². The second-order valence-electron chi connectivity index (χ2n) is 13.9. The Hall–Kier alpha value is -2.11. The van der Waals surface area contributed by atoms with E-state index >= 15 is 0 Å². The second-order valence-corrected chi connectivity index (χ2v) is 13.9. The summed E-state index contributed by atoms with van der Waals surface area (Å²) in [6, 6.07) is 9.90. The average molecular weight is 638 g/mol. The topological polar surface area (TPSA) is 48.0 Å². The highest BCUT2D eigenvalue weighted by Gasteiger charge is 2.51. The lowest BCUT2D eigenvalue weighted by Crippen LogP contribution is -2.49. The molecule has 0 radical (unpaired) electrons. The molecule has 5 nitrogen and oxygen atoms in total. The molecule has 2 saturated heterocycles. The first-order valence-corrected chi connectivity index (χ1v) is 19.2. The summed E-state index contributed by atoms with van der Waals surface area (Å²) in [6.07, 6.45) is 35.5. The van der Waals surface area contributed by atoms with Crippen molar-refractivity contribution in [3.63, 3.8) is 0 Å². The van der Waals surface area contributed by atoms with Crippen molar-refractivity contribution in [2.45, 2.75) is 173 Å². The molecule has 0 unspecified atom stereocenters. The molecule has 2 aliphatic heterocycles. The maximum atomic E-state index is 12.8. The molecule has 5 heteroatoms. The van der Waals surface area contributed by atoms with E-state index in [4.69, 9.17) is 14.2 Å². The highest BCUT2D eigenvalue weighted by Crippen LogP contribution is 2.44. The quantitative estimate of drug-likeness (QED) is 0.0836. The summed E-state index contributed by atoms with van der Waals surface area (Å²) in [7, 11) is 0. The highest BCUT2D eigenvalue weighted by atomic mass is 16.8. The first-order chi connectivity index (χ1) is 22.6. The van der Waals surface area contributed by atoms with Gasteiger partial charge < -0.3 is 19.1 Å². The first-order valence-electron chi connectivity index (χ1n) is 19.2. The molecule has 260 valence electrons. The molecule has 1 spiro atoms. The fraction of sp³-hybridized carbons (Fsp3) is 0.732. The molecule has 0 aliphatic carbocycles. The van der Waals surface area contributed by atoms with Crippen LogP contribution in [0.15, 0.2) is 54.6 Å². The van der Waals surface area contributed by atoms with E-state index in [1.165, 1.54) is 103 Å². The fourth-order valence-corrected chi connectivity index (χ4v) is 6.77.